The lowest BCUT2D eigenvalue weighted by Crippen LogP contribution is -2.21. The number of nitrogens with one attached hydrogen (secondary N) is 1. The Kier molecular flexibility index (Phi) is 5.80. The van der Waals surface area contributed by atoms with Gasteiger partial charge in [-0.25, -0.2) is 4.99 Å². The molecule has 0 atom stereocenters. The van der Waals surface area contributed by atoms with Gasteiger partial charge in [-0.2, -0.15) is 0 Å². The number of anilines is 1. The molecule has 0 aromatic heterocycles. The number of carbonyl (C=O) groups is 1. The quantitative estimate of drug-likeness (QED) is 0.279. The minimum Gasteiger partial charge on any atom is -0.506 e. The Morgan fingerprint density at radius 3 is 1.89 bits per heavy atom. The molecule has 134 valence electrons. The van der Waals surface area contributed by atoms with E-state index in [1.807, 2.05) is 78.9 Å². The summed E-state index contributed by atoms with van der Waals surface area (Å²) in [5, 5.41) is 14.0. The van der Waals surface area contributed by atoms with Crippen LogP contribution < -0.4 is 5.32 Å². The Balaban J connectivity index is 2.14. The summed E-state index contributed by atoms with van der Waals surface area (Å²) in [6.07, 6.45) is 0. The van der Waals surface area contributed by atoms with Crippen LogP contribution in [0.1, 0.15) is 12.5 Å². The maximum Gasteiger partial charge on any atom is 0.167 e. The number of benzene rings is 3. The molecule has 0 unspecified atom stereocenters. The van der Waals surface area contributed by atoms with Gasteiger partial charge < -0.3 is 10.4 Å². The molecule has 4 nitrogen and oxygen atoms in total. The minimum absolute atomic E-state index is 0.110. The van der Waals surface area contributed by atoms with Gasteiger partial charge in [0.1, 0.15) is 17.2 Å². The molecule has 0 radical (unpaired) electrons. The second kappa shape index (κ2) is 8.63. The number of hydrogen-bond donors (Lipinski definition) is 2. The van der Waals surface area contributed by atoms with Crippen molar-refractivity contribution >= 4 is 28.8 Å². The maximum absolute atomic E-state index is 12.4. The van der Waals surface area contributed by atoms with Crippen LogP contribution in [0.25, 0.3) is 5.76 Å². The Hall–Kier alpha value is -3.66. The van der Waals surface area contributed by atoms with Crippen LogP contribution in [0, 0.1) is 0 Å². The lowest BCUT2D eigenvalue weighted by atomic mass is 10.0. The Morgan fingerprint density at radius 1 is 0.815 bits per heavy atom. The average molecular weight is 356 g/mol. The molecule has 2 N–H and O–H groups in total. The molecule has 0 fully saturated rings. The predicted molar refractivity (Wildman–Crippen MR) is 110 cm³/mol. The highest BCUT2D eigenvalue weighted by Crippen LogP contribution is 2.22. The van der Waals surface area contributed by atoms with Crippen molar-refractivity contribution in [1.82, 2.24) is 0 Å². The van der Waals surface area contributed by atoms with Gasteiger partial charge in [0.15, 0.2) is 5.78 Å². The fourth-order valence-corrected chi connectivity index (χ4v) is 2.62. The van der Waals surface area contributed by atoms with Crippen molar-refractivity contribution in [3.63, 3.8) is 0 Å². The number of aliphatic hydroxyl groups is 1. The lowest BCUT2D eigenvalue weighted by molar-refractivity contribution is -0.113. The van der Waals surface area contributed by atoms with Crippen LogP contribution in [0.15, 0.2) is 102 Å². The topological polar surface area (TPSA) is 61.7 Å². The van der Waals surface area contributed by atoms with Crippen LogP contribution in [0.2, 0.25) is 0 Å². The summed E-state index contributed by atoms with van der Waals surface area (Å²) in [4.78, 5) is 17.0. The van der Waals surface area contributed by atoms with Crippen LogP contribution in [-0.2, 0) is 4.79 Å². The molecule has 0 aliphatic rings. The SMILES string of the molecule is CC(=O)/C(C(=Nc1ccccc1)Nc1ccccc1)=C(/O)c1ccccc1. The van der Waals surface area contributed by atoms with Gasteiger partial charge in [0.2, 0.25) is 0 Å². The highest BCUT2D eigenvalue weighted by molar-refractivity contribution is 6.29. The number of rotatable bonds is 5. The fraction of sp³-hybridized carbons (Fsp3) is 0.0435. The Labute approximate surface area is 158 Å². The number of nitrogens with zero attached hydrogens (tertiary/aromatic N) is 1. The third-order valence-corrected chi connectivity index (χ3v) is 3.91. The van der Waals surface area contributed by atoms with Crippen LogP contribution in [0.3, 0.4) is 0 Å². The van der Waals surface area contributed by atoms with E-state index in [4.69, 9.17) is 0 Å². The molecule has 3 aromatic rings. The molecule has 0 aliphatic carbocycles. The average Bonchev–Trinajstić information content (AvgIpc) is 2.70. The van der Waals surface area contributed by atoms with Crippen molar-refractivity contribution in [2.75, 3.05) is 5.32 Å². The maximum atomic E-state index is 12.4. The number of aliphatic imine (C=N–C) groups is 1. The number of carbonyl (C=O) groups excluding carboxylic acids is 1. The molecule has 0 aliphatic heterocycles. The van der Waals surface area contributed by atoms with E-state index in [1.165, 1.54) is 6.92 Å². The number of para-hydroxylation sites is 2. The zero-order chi connectivity index (χ0) is 19.1. The first-order valence-electron chi connectivity index (χ1n) is 8.61. The third kappa shape index (κ3) is 4.70. The molecule has 0 amide bonds. The second-order valence-corrected chi connectivity index (χ2v) is 5.93. The number of aliphatic hydroxyl groups excluding tert-OH is 1. The summed E-state index contributed by atoms with van der Waals surface area (Å²) in [7, 11) is 0. The highest BCUT2D eigenvalue weighted by atomic mass is 16.3. The van der Waals surface area contributed by atoms with Crippen molar-refractivity contribution < 1.29 is 9.90 Å². The smallest absolute Gasteiger partial charge is 0.167 e. The third-order valence-electron chi connectivity index (χ3n) is 3.91. The summed E-state index contributed by atoms with van der Waals surface area (Å²) in [5.41, 5.74) is 2.13. The largest absolute Gasteiger partial charge is 0.506 e. The van der Waals surface area contributed by atoms with Gasteiger partial charge in [-0.15, -0.1) is 0 Å². The van der Waals surface area contributed by atoms with Crippen molar-refractivity contribution in [1.29, 1.82) is 0 Å². The van der Waals surface area contributed by atoms with Gasteiger partial charge >= 0.3 is 0 Å². The monoisotopic (exact) mass is 356 g/mol. The van der Waals surface area contributed by atoms with E-state index in [9.17, 15) is 9.90 Å². The van der Waals surface area contributed by atoms with E-state index in [0.717, 1.165) is 5.69 Å². The Morgan fingerprint density at radius 2 is 1.33 bits per heavy atom. The Bertz CT molecular complexity index is 963. The van der Waals surface area contributed by atoms with E-state index in [-0.39, 0.29) is 17.1 Å². The van der Waals surface area contributed by atoms with E-state index in [0.29, 0.717) is 17.1 Å². The molecule has 0 heterocycles. The van der Waals surface area contributed by atoms with Crippen molar-refractivity contribution in [2.24, 2.45) is 4.99 Å². The van der Waals surface area contributed by atoms with Crippen molar-refractivity contribution in [3.8, 4) is 0 Å². The highest BCUT2D eigenvalue weighted by Gasteiger charge is 2.20. The molecule has 0 bridgehead atoms. The molecule has 0 saturated heterocycles. The first-order chi connectivity index (χ1) is 13.1. The molecular weight excluding hydrogens is 336 g/mol. The van der Waals surface area contributed by atoms with E-state index in [2.05, 4.69) is 10.3 Å². The molecule has 0 spiro atoms. The fourth-order valence-electron chi connectivity index (χ4n) is 2.62. The second-order valence-electron chi connectivity index (χ2n) is 5.93. The molecule has 4 heteroatoms. The van der Waals surface area contributed by atoms with Crippen molar-refractivity contribution in [2.45, 2.75) is 6.92 Å². The van der Waals surface area contributed by atoms with Gasteiger partial charge in [0, 0.05) is 11.3 Å². The molecular formula is C23H20N2O2. The number of Topliss-reactive ketones (excluding diaryl/α,β-unsaturated/α-hetero) is 1. The molecule has 0 saturated carbocycles. The van der Waals surface area contributed by atoms with Gasteiger partial charge in [-0.05, 0) is 31.2 Å². The summed E-state index contributed by atoms with van der Waals surface area (Å²) >= 11 is 0. The zero-order valence-electron chi connectivity index (χ0n) is 15.0. The van der Waals surface area contributed by atoms with E-state index < -0.39 is 0 Å². The van der Waals surface area contributed by atoms with Gasteiger partial charge in [0.05, 0.1) is 5.69 Å². The minimum atomic E-state index is -0.283. The van der Waals surface area contributed by atoms with Gasteiger partial charge in [0.25, 0.3) is 0 Å². The summed E-state index contributed by atoms with van der Waals surface area (Å²) in [5.74, 6) is -0.100. The number of hydrogen-bond acceptors (Lipinski definition) is 3. The summed E-state index contributed by atoms with van der Waals surface area (Å²) in [6, 6.07) is 27.7. The van der Waals surface area contributed by atoms with E-state index >= 15 is 0 Å². The number of amidine groups is 1. The molecule has 27 heavy (non-hydrogen) atoms. The zero-order valence-corrected chi connectivity index (χ0v) is 15.0. The number of ketones is 1. The summed E-state index contributed by atoms with van der Waals surface area (Å²) < 4.78 is 0. The van der Waals surface area contributed by atoms with Crippen molar-refractivity contribution in [3.05, 3.63) is 102 Å². The standard InChI is InChI=1S/C23H20N2O2/c1-17(26)21(22(27)18-11-5-2-6-12-18)23(24-19-13-7-3-8-14-19)25-20-15-9-4-10-16-20/h2-16,27H,1H3,(H,24,25)/b22-21-. The van der Waals surface area contributed by atoms with Crippen LogP contribution in [0.5, 0.6) is 0 Å². The predicted octanol–water partition coefficient (Wildman–Crippen LogP) is 5.39. The molecule has 3 rings (SSSR count). The van der Waals surface area contributed by atoms with Gasteiger partial charge in [-0.1, -0.05) is 66.7 Å². The first kappa shape index (κ1) is 18.1. The van der Waals surface area contributed by atoms with Crippen LogP contribution >= 0.6 is 0 Å². The van der Waals surface area contributed by atoms with Gasteiger partial charge in [-0.3, -0.25) is 4.79 Å². The van der Waals surface area contributed by atoms with Crippen LogP contribution in [-0.4, -0.2) is 16.7 Å². The van der Waals surface area contributed by atoms with Crippen LogP contribution in [0.4, 0.5) is 11.4 Å². The summed E-state index contributed by atoms with van der Waals surface area (Å²) in [6.45, 7) is 1.42. The lowest BCUT2D eigenvalue weighted by Gasteiger charge is -2.14. The normalized spacial score (nSPS) is 12.3. The van der Waals surface area contributed by atoms with E-state index in [1.54, 1.807) is 12.1 Å². The molecule has 3 aromatic carbocycles. The first-order valence-corrected chi connectivity index (χ1v) is 8.61.